The van der Waals surface area contributed by atoms with Gasteiger partial charge in [-0.1, -0.05) is 18.2 Å². The molecule has 0 aliphatic carbocycles. The fraction of sp³-hybridized carbons (Fsp3) is 0.133. The lowest BCUT2D eigenvalue weighted by Crippen LogP contribution is -2.15. The maximum atomic E-state index is 12.3. The van der Waals surface area contributed by atoms with E-state index in [9.17, 15) is 20.0 Å². The Morgan fingerprint density at radius 3 is 2.38 bits per heavy atom. The number of rotatable bonds is 3. The number of carbonyl (C=O) groups is 1. The van der Waals surface area contributed by atoms with Gasteiger partial charge in [0.05, 0.1) is 4.92 Å². The Morgan fingerprint density at radius 1 is 1.19 bits per heavy atom. The molecule has 0 radical (unpaired) electrons. The molecule has 0 unspecified atom stereocenters. The molecule has 1 amide bonds. The summed E-state index contributed by atoms with van der Waals surface area (Å²) in [7, 11) is 0. The Hall–Kier alpha value is -2.89. The number of nitro benzene ring substituents is 1. The molecular weight excluding hydrogens is 272 g/mol. The third kappa shape index (κ3) is 3.00. The van der Waals surface area contributed by atoms with Gasteiger partial charge in [-0.25, -0.2) is 0 Å². The number of anilines is 1. The summed E-state index contributed by atoms with van der Waals surface area (Å²) in [6.45, 7) is 3.67. The first-order valence-electron chi connectivity index (χ1n) is 6.25. The molecule has 0 atom stereocenters. The Kier molecular flexibility index (Phi) is 3.89. The minimum absolute atomic E-state index is 0.178. The molecule has 6 nitrogen and oxygen atoms in total. The summed E-state index contributed by atoms with van der Waals surface area (Å²) in [5.41, 5.74) is 1.79. The number of nitro groups is 1. The van der Waals surface area contributed by atoms with E-state index in [2.05, 4.69) is 5.32 Å². The average molecular weight is 286 g/mol. The van der Waals surface area contributed by atoms with Crippen molar-refractivity contribution in [3.05, 3.63) is 63.2 Å². The number of phenols is 1. The zero-order chi connectivity index (χ0) is 15.6. The van der Waals surface area contributed by atoms with Gasteiger partial charge in [0.1, 0.15) is 11.3 Å². The van der Waals surface area contributed by atoms with Crippen LogP contribution in [0.5, 0.6) is 5.75 Å². The van der Waals surface area contributed by atoms with E-state index >= 15 is 0 Å². The van der Waals surface area contributed by atoms with Gasteiger partial charge in [-0.05, 0) is 37.1 Å². The van der Waals surface area contributed by atoms with Gasteiger partial charge in [0, 0.05) is 11.8 Å². The highest BCUT2D eigenvalue weighted by atomic mass is 16.6. The maximum Gasteiger partial charge on any atom is 0.282 e. The molecule has 0 bridgehead atoms. The summed E-state index contributed by atoms with van der Waals surface area (Å²) in [6.07, 6.45) is 0. The van der Waals surface area contributed by atoms with Gasteiger partial charge in [0.25, 0.3) is 11.6 Å². The fourth-order valence-electron chi connectivity index (χ4n) is 2.06. The highest BCUT2D eigenvalue weighted by molar-refractivity contribution is 6.08. The van der Waals surface area contributed by atoms with Crippen LogP contribution in [0, 0.1) is 24.0 Å². The molecule has 0 aromatic heterocycles. The molecule has 2 N–H and O–H groups in total. The van der Waals surface area contributed by atoms with Crippen molar-refractivity contribution < 1.29 is 14.8 Å². The average Bonchev–Trinajstić information content (AvgIpc) is 2.42. The van der Waals surface area contributed by atoms with Crippen LogP contribution in [-0.4, -0.2) is 15.9 Å². The van der Waals surface area contributed by atoms with Crippen LogP contribution in [0.2, 0.25) is 0 Å². The number of nitrogens with one attached hydrogen (secondary N) is 1. The van der Waals surface area contributed by atoms with Gasteiger partial charge in [-0.15, -0.1) is 0 Å². The number of phenolic OH excluding ortho intramolecular Hbond substituents is 1. The van der Waals surface area contributed by atoms with Crippen LogP contribution in [0.15, 0.2) is 36.4 Å². The number of hydrogen-bond acceptors (Lipinski definition) is 4. The fourth-order valence-corrected chi connectivity index (χ4v) is 2.06. The molecule has 0 heterocycles. The smallest absolute Gasteiger partial charge is 0.282 e. The molecule has 0 saturated carbocycles. The zero-order valence-corrected chi connectivity index (χ0v) is 11.6. The van der Waals surface area contributed by atoms with Crippen molar-refractivity contribution in [1.29, 1.82) is 0 Å². The molecule has 0 saturated heterocycles. The van der Waals surface area contributed by atoms with E-state index in [1.807, 2.05) is 32.0 Å². The molecule has 21 heavy (non-hydrogen) atoms. The maximum absolute atomic E-state index is 12.3. The van der Waals surface area contributed by atoms with Crippen LogP contribution < -0.4 is 5.32 Å². The van der Waals surface area contributed by atoms with Gasteiger partial charge in [0.2, 0.25) is 0 Å². The van der Waals surface area contributed by atoms with Crippen molar-refractivity contribution in [3.8, 4) is 5.75 Å². The predicted octanol–water partition coefficient (Wildman–Crippen LogP) is 3.17. The lowest BCUT2D eigenvalue weighted by Gasteiger charge is -2.11. The van der Waals surface area contributed by atoms with Crippen molar-refractivity contribution in [1.82, 2.24) is 0 Å². The topological polar surface area (TPSA) is 92.5 Å². The molecule has 0 fully saturated rings. The van der Waals surface area contributed by atoms with Crippen molar-refractivity contribution in [3.63, 3.8) is 0 Å². The van der Waals surface area contributed by atoms with Crippen LogP contribution >= 0.6 is 0 Å². The highest BCUT2D eigenvalue weighted by Gasteiger charge is 2.21. The molecule has 108 valence electrons. The summed E-state index contributed by atoms with van der Waals surface area (Å²) in [5.74, 6) is -0.831. The lowest BCUT2D eigenvalue weighted by molar-refractivity contribution is -0.385. The van der Waals surface area contributed by atoms with Crippen LogP contribution in [-0.2, 0) is 0 Å². The number of amides is 1. The number of hydrogen-bond donors (Lipinski definition) is 2. The minimum Gasteiger partial charge on any atom is -0.508 e. The third-order valence-corrected chi connectivity index (χ3v) is 3.14. The Bertz CT molecular complexity index is 705. The number of aromatic hydroxyl groups is 1. The lowest BCUT2D eigenvalue weighted by atomic mass is 10.1. The second kappa shape index (κ2) is 5.62. The number of benzene rings is 2. The second-order valence-corrected chi connectivity index (χ2v) is 4.68. The molecule has 2 aromatic carbocycles. The standard InChI is InChI=1S/C15H14N2O4/c1-9-4-3-5-10(2)14(9)16-15(19)12-8-11(18)6-7-13(12)17(20)21/h3-8,18H,1-2H3,(H,16,19). The number of nitrogens with zero attached hydrogens (tertiary/aromatic N) is 1. The number of para-hydroxylation sites is 1. The van der Waals surface area contributed by atoms with Crippen molar-refractivity contribution in [2.24, 2.45) is 0 Å². The Balaban J connectivity index is 2.41. The van der Waals surface area contributed by atoms with E-state index < -0.39 is 10.8 Å². The number of carbonyl (C=O) groups excluding carboxylic acids is 1. The number of aryl methyl sites for hydroxylation is 2. The summed E-state index contributed by atoms with van der Waals surface area (Å²) in [6, 6.07) is 8.89. The second-order valence-electron chi connectivity index (χ2n) is 4.68. The van der Waals surface area contributed by atoms with Crippen LogP contribution in [0.25, 0.3) is 0 Å². The highest BCUT2D eigenvalue weighted by Crippen LogP contribution is 2.26. The van der Waals surface area contributed by atoms with Gasteiger partial charge in [0.15, 0.2) is 0 Å². The van der Waals surface area contributed by atoms with E-state index in [4.69, 9.17) is 0 Å². The summed E-state index contributed by atoms with van der Waals surface area (Å²) < 4.78 is 0. The molecule has 2 aromatic rings. The van der Waals surface area contributed by atoms with Gasteiger partial charge >= 0.3 is 0 Å². The Labute approximate surface area is 121 Å². The molecule has 0 spiro atoms. The predicted molar refractivity (Wildman–Crippen MR) is 78.6 cm³/mol. The van der Waals surface area contributed by atoms with E-state index in [0.717, 1.165) is 23.3 Å². The van der Waals surface area contributed by atoms with Crippen molar-refractivity contribution in [2.45, 2.75) is 13.8 Å². The molecule has 0 aliphatic rings. The van der Waals surface area contributed by atoms with Crippen molar-refractivity contribution in [2.75, 3.05) is 5.32 Å². The van der Waals surface area contributed by atoms with E-state index in [-0.39, 0.29) is 17.0 Å². The molecule has 6 heteroatoms. The molecule has 0 aliphatic heterocycles. The van der Waals surface area contributed by atoms with Gasteiger partial charge < -0.3 is 10.4 Å². The summed E-state index contributed by atoms with van der Waals surface area (Å²) in [4.78, 5) is 22.6. The van der Waals surface area contributed by atoms with Crippen LogP contribution in [0.3, 0.4) is 0 Å². The van der Waals surface area contributed by atoms with Crippen LogP contribution in [0.1, 0.15) is 21.5 Å². The third-order valence-electron chi connectivity index (χ3n) is 3.14. The van der Waals surface area contributed by atoms with Gasteiger partial charge in [-0.3, -0.25) is 14.9 Å². The van der Waals surface area contributed by atoms with E-state index in [1.54, 1.807) is 0 Å². The summed E-state index contributed by atoms with van der Waals surface area (Å²) in [5, 5.41) is 23.1. The quantitative estimate of drug-likeness (QED) is 0.669. The molecular formula is C15H14N2O4. The van der Waals surface area contributed by atoms with Gasteiger partial charge in [-0.2, -0.15) is 0 Å². The Morgan fingerprint density at radius 2 is 1.81 bits per heavy atom. The van der Waals surface area contributed by atoms with Crippen molar-refractivity contribution >= 4 is 17.3 Å². The first-order chi connectivity index (χ1) is 9.90. The SMILES string of the molecule is Cc1cccc(C)c1NC(=O)c1cc(O)ccc1[N+](=O)[O-]. The van der Waals surface area contributed by atoms with E-state index in [0.29, 0.717) is 5.69 Å². The molecule has 2 rings (SSSR count). The van der Waals surface area contributed by atoms with Crippen LogP contribution in [0.4, 0.5) is 11.4 Å². The normalized spacial score (nSPS) is 10.2. The largest absolute Gasteiger partial charge is 0.508 e. The zero-order valence-electron chi connectivity index (χ0n) is 11.6. The summed E-state index contributed by atoms with van der Waals surface area (Å²) >= 11 is 0. The first kappa shape index (κ1) is 14.5. The first-order valence-corrected chi connectivity index (χ1v) is 6.25. The van der Waals surface area contributed by atoms with E-state index in [1.165, 1.54) is 6.07 Å². The minimum atomic E-state index is -0.654. The monoisotopic (exact) mass is 286 g/mol.